The Morgan fingerprint density at radius 3 is 2.05 bits per heavy atom. The van der Waals surface area contributed by atoms with Crippen LogP contribution in [-0.4, -0.2) is 9.13 Å². The summed E-state index contributed by atoms with van der Waals surface area (Å²) in [6.45, 7) is 0. The highest BCUT2D eigenvalue weighted by Gasteiger charge is 2.31. The highest BCUT2D eigenvalue weighted by Crippen LogP contribution is 2.49. The van der Waals surface area contributed by atoms with Crippen LogP contribution < -0.4 is 10.1 Å². The van der Waals surface area contributed by atoms with Crippen LogP contribution in [0.3, 0.4) is 0 Å². The van der Waals surface area contributed by atoms with Crippen molar-refractivity contribution in [1.82, 2.24) is 9.13 Å². The second kappa shape index (κ2) is 8.15. The van der Waals surface area contributed by atoms with Gasteiger partial charge in [0.25, 0.3) is 6.35 Å². The Morgan fingerprint density at radius 2 is 1.21 bits per heavy atom. The van der Waals surface area contributed by atoms with E-state index in [-0.39, 0.29) is 0 Å². The van der Waals surface area contributed by atoms with Gasteiger partial charge in [0.2, 0.25) is 0 Å². The number of thiophene rings is 1. The molecule has 4 heterocycles. The zero-order valence-corrected chi connectivity index (χ0v) is 23.2. The first-order valence-electron chi connectivity index (χ1n) is 14.2. The summed E-state index contributed by atoms with van der Waals surface area (Å²) in [5, 5.41) is 11.1. The molecule has 42 heavy (non-hydrogen) atoms. The SMILES string of the molecule is c1ccc(-n2c3ccccc3c3ccc4c5ccccc5n(C5Nc6ccc7sc8ccccc8c7c6O5)c4c32)cc1. The molecule has 1 unspecified atom stereocenters. The summed E-state index contributed by atoms with van der Waals surface area (Å²) in [7, 11) is 0. The number of rotatable bonds is 2. The predicted molar refractivity (Wildman–Crippen MR) is 176 cm³/mol. The van der Waals surface area contributed by atoms with Crippen molar-refractivity contribution >= 4 is 80.8 Å². The average molecular weight is 558 g/mol. The Balaban J connectivity index is 1.32. The van der Waals surface area contributed by atoms with E-state index in [4.69, 9.17) is 4.74 Å². The largest absolute Gasteiger partial charge is 0.449 e. The van der Waals surface area contributed by atoms with Gasteiger partial charge in [0, 0.05) is 47.4 Å². The number of hydrogen-bond acceptors (Lipinski definition) is 3. The van der Waals surface area contributed by atoms with Gasteiger partial charge in [-0.05, 0) is 42.5 Å². The van der Waals surface area contributed by atoms with Crippen molar-refractivity contribution in [2.24, 2.45) is 0 Å². The van der Waals surface area contributed by atoms with Gasteiger partial charge in [-0.2, -0.15) is 0 Å². The molecule has 4 nitrogen and oxygen atoms in total. The molecular formula is C37H23N3OS. The second-order valence-electron chi connectivity index (χ2n) is 11.0. The van der Waals surface area contributed by atoms with Crippen LogP contribution in [0.4, 0.5) is 5.69 Å². The number of hydrogen-bond donors (Lipinski definition) is 1. The molecule has 0 saturated carbocycles. The molecule has 5 heteroatoms. The average Bonchev–Trinajstić information content (AvgIpc) is 3.79. The van der Waals surface area contributed by atoms with Gasteiger partial charge in [0.15, 0.2) is 5.75 Å². The minimum atomic E-state index is -0.403. The van der Waals surface area contributed by atoms with Crippen molar-refractivity contribution in [3.8, 4) is 11.4 Å². The van der Waals surface area contributed by atoms with Crippen molar-refractivity contribution < 1.29 is 4.74 Å². The molecule has 3 aromatic heterocycles. The molecule has 0 saturated heterocycles. The third-order valence-corrected chi connectivity index (χ3v) is 9.89. The maximum absolute atomic E-state index is 6.97. The molecule has 1 N–H and O–H groups in total. The zero-order chi connectivity index (χ0) is 27.4. The number of aromatic nitrogens is 2. The van der Waals surface area contributed by atoms with E-state index in [1.54, 1.807) is 0 Å². The van der Waals surface area contributed by atoms with Crippen LogP contribution >= 0.6 is 11.3 Å². The van der Waals surface area contributed by atoms with Crippen LogP contribution in [-0.2, 0) is 0 Å². The minimum Gasteiger partial charge on any atom is -0.449 e. The fourth-order valence-corrected chi connectivity index (χ4v) is 8.14. The molecule has 0 fully saturated rings. The Bertz CT molecular complexity index is 2540. The summed E-state index contributed by atoms with van der Waals surface area (Å²) in [4.78, 5) is 0. The van der Waals surface area contributed by atoms with Crippen LogP contribution in [0.1, 0.15) is 6.35 Å². The second-order valence-corrected chi connectivity index (χ2v) is 12.0. The molecule has 0 spiro atoms. The Morgan fingerprint density at radius 1 is 0.548 bits per heavy atom. The first kappa shape index (κ1) is 22.4. The number of ether oxygens (including phenoxy) is 1. The van der Waals surface area contributed by atoms with Crippen molar-refractivity contribution in [1.29, 1.82) is 0 Å². The maximum Gasteiger partial charge on any atom is 0.255 e. The summed E-state index contributed by atoms with van der Waals surface area (Å²) in [6, 6.07) is 45.6. The topological polar surface area (TPSA) is 31.1 Å². The lowest BCUT2D eigenvalue weighted by molar-refractivity contribution is 0.195. The molecule has 10 rings (SSSR count). The van der Waals surface area contributed by atoms with E-state index in [1.165, 1.54) is 52.8 Å². The van der Waals surface area contributed by atoms with Crippen molar-refractivity contribution in [3.05, 3.63) is 127 Å². The fraction of sp³-hybridized carbons (Fsp3) is 0.0270. The zero-order valence-electron chi connectivity index (χ0n) is 22.4. The molecule has 0 amide bonds. The lowest BCUT2D eigenvalue weighted by Crippen LogP contribution is -2.18. The van der Waals surface area contributed by atoms with Crippen molar-refractivity contribution in [2.45, 2.75) is 6.35 Å². The van der Waals surface area contributed by atoms with Gasteiger partial charge in [0.1, 0.15) is 0 Å². The number of anilines is 1. The Hall–Kier alpha value is -5.26. The van der Waals surface area contributed by atoms with Crippen LogP contribution in [0.15, 0.2) is 127 Å². The number of fused-ring (bicyclic) bond motifs is 12. The van der Waals surface area contributed by atoms with Crippen LogP contribution in [0, 0.1) is 0 Å². The van der Waals surface area contributed by atoms with Crippen LogP contribution in [0.5, 0.6) is 5.75 Å². The molecule has 1 aliphatic heterocycles. The molecule has 0 bridgehead atoms. The van der Waals surface area contributed by atoms with E-state index in [0.717, 1.165) is 28.2 Å². The van der Waals surface area contributed by atoms with Crippen molar-refractivity contribution in [2.75, 3.05) is 5.32 Å². The smallest absolute Gasteiger partial charge is 0.255 e. The number of nitrogens with zero attached hydrogens (tertiary/aromatic N) is 2. The summed E-state index contributed by atoms with van der Waals surface area (Å²) in [6.07, 6.45) is -0.403. The van der Waals surface area contributed by atoms with Gasteiger partial charge in [-0.25, -0.2) is 0 Å². The first-order chi connectivity index (χ1) is 20.8. The third kappa shape index (κ3) is 2.85. The van der Waals surface area contributed by atoms with Crippen molar-refractivity contribution in [3.63, 3.8) is 0 Å². The van der Waals surface area contributed by atoms with E-state index in [0.29, 0.717) is 0 Å². The summed E-state index contributed by atoms with van der Waals surface area (Å²) >= 11 is 1.82. The number of benzene rings is 6. The van der Waals surface area contributed by atoms with Gasteiger partial charge >= 0.3 is 0 Å². The Labute approximate surface area is 244 Å². The third-order valence-electron chi connectivity index (χ3n) is 8.76. The van der Waals surface area contributed by atoms with Gasteiger partial charge in [-0.15, -0.1) is 11.3 Å². The molecule has 1 aliphatic rings. The highest BCUT2D eigenvalue weighted by atomic mass is 32.1. The van der Waals surface area contributed by atoms with Gasteiger partial charge in [-0.1, -0.05) is 84.9 Å². The maximum atomic E-state index is 6.97. The van der Waals surface area contributed by atoms with E-state index in [1.807, 2.05) is 11.3 Å². The lowest BCUT2D eigenvalue weighted by atomic mass is 10.1. The van der Waals surface area contributed by atoms with E-state index >= 15 is 0 Å². The summed E-state index contributed by atoms with van der Waals surface area (Å²) < 4.78 is 14.3. The summed E-state index contributed by atoms with van der Waals surface area (Å²) in [5.41, 5.74) is 6.84. The molecule has 0 aliphatic carbocycles. The summed E-state index contributed by atoms with van der Waals surface area (Å²) in [5.74, 6) is 0.927. The molecule has 0 radical (unpaired) electrons. The minimum absolute atomic E-state index is 0.403. The molecular weight excluding hydrogens is 534 g/mol. The molecule has 9 aromatic rings. The predicted octanol–water partition coefficient (Wildman–Crippen LogP) is 10.2. The fourth-order valence-electron chi connectivity index (χ4n) is 7.03. The Kier molecular flexibility index (Phi) is 4.35. The molecule has 198 valence electrons. The first-order valence-corrected chi connectivity index (χ1v) is 15.0. The monoisotopic (exact) mass is 557 g/mol. The number of para-hydroxylation sites is 3. The van der Waals surface area contributed by atoms with Crippen LogP contribution in [0.2, 0.25) is 0 Å². The molecule has 6 aromatic carbocycles. The van der Waals surface area contributed by atoms with Gasteiger partial charge in [-0.3, -0.25) is 4.57 Å². The van der Waals surface area contributed by atoms with Gasteiger partial charge < -0.3 is 14.6 Å². The molecule has 1 atom stereocenters. The van der Waals surface area contributed by atoms with E-state index in [9.17, 15) is 0 Å². The number of nitrogens with one attached hydrogen (secondary N) is 1. The van der Waals surface area contributed by atoms with Gasteiger partial charge in [0.05, 0.1) is 27.8 Å². The standard InChI is InChI=1S/C37H23N3OS/c1-2-10-22(11-3-1)39-29-15-7-4-12-23(29)25-18-19-26-24-13-5-8-16-30(24)40(35(26)34(25)39)37-38-28-20-21-32-33(36(28)41-37)27-14-6-9-17-31(27)42-32/h1-21,37-38H. The van der Waals surface area contributed by atoms with Crippen LogP contribution in [0.25, 0.3) is 69.5 Å². The highest BCUT2D eigenvalue weighted by molar-refractivity contribution is 7.25. The normalized spacial score (nSPS) is 14.8. The quantitative estimate of drug-likeness (QED) is 0.229. The van der Waals surface area contributed by atoms with E-state index in [2.05, 4.69) is 142 Å². The van der Waals surface area contributed by atoms with E-state index < -0.39 is 6.35 Å². The lowest BCUT2D eigenvalue weighted by Gasteiger charge is -2.18.